The molecule has 0 fully saturated rings. The van der Waals surface area contributed by atoms with Crippen LogP contribution < -0.4 is 16.1 Å². The summed E-state index contributed by atoms with van der Waals surface area (Å²) in [6.45, 7) is 0.793. The van der Waals surface area contributed by atoms with E-state index in [9.17, 15) is 14.4 Å². The fraction of sp³-hybridized carbons (Fsp3) is 0.190. The number of hydrogen-bond donors (Lipinski definition) is 0. The summed E-state index contributed by atoms with van der Waals surface area (Å²) in [6.07, 6.45) is 5.75. The maximum Gasteiger partial charge on any atom is 0.332 e. The van der Waals surface area contributed by atoms with Crippen LogP contribution in [0.4, 0.5) is 5.82 Å². The van der Waals surface area contributed by atoms with Crippen molar-refractivity contribution in [2.45, 2.75) is 6.54 Å². The minimum atomic E-state index is -0.610. The molecule has 0 unspecified atom stereocenters. The van der Waals surface area contributed by atoms with Gasteiger partial charge in [0.25, 0.3) is 5.56 Å². The molecule has 0 amide bonds. The van der Waals surface area contributed by atoms with Crippen molar-refractivity contribution in [1.82, 2.24) is 9.13 Å². The van der Waals surface area contributed by atoms with Crippen molar-refractivity contribution in [2.75, 3.05) is 11.4 Å². The number of benzene rings is 1. The van der Waals surface area contributed by atoms with E-state index in [0.717, 1.165) is 10.1 Å². The molecule has 0 saturated carbocycles. The van der Waals surface area contributed by atoms with Gasteiger partial charge in [-0.2, -0.15) is 0 Å². The summed E-state index contributed by atoms with van der Waals surface area (Å²) in [5.74, 6) is 0.976. The highest BCUT2D eigenvalue weighted by Gasteiger charge is 2.20. The molecule has 3 aromatic rings. The van der Waals surface area contributed by atoms with Gasteiger partial charge in [-0.3, -0.25) is 18.7 Å². The Kier molecular flexibility index (Phi) is 5.74. The molecule has 144 valence electrons. The SMILES string of the molecule is Cn1c(N(C/C=C/c2ccco2)Cc2ccccc2)c(C=O)c(=O)n(C)c1=O. The standard InChI is InChI=1S/C21H21N3O4/c1-22-19(18(15-25)20(26)23(2)21(22)27)24(14-16-8-4-3-5-9-16)12-6-10-17-11-7-13-28-17/h3-11,13,15H,12,14H2,1-2H3/b10-6+. The van der Waals surface area contributed by atoms with E-state index in [1.807, 2.05) is 47.4 Å². The fourth-order valence-corrected chi connectivity index (χ4v) is 3.06. The van der Waals surface area contributed by atoms with E-state index in [-0.39, 0.29) is 11.4 Å². The topological polar surface area (TPSA) is 77.5 Å². The summed E-state index contributed by atoms with van der Waals surface area (Å²) in [4.78, 5) is 38.4. The predicted octanol–water partition coefficient (Wildman–Crippen LogP) is 2.21. The van der Waals surface area contributed by atoms with Gasteiger partial charge < -0.3 is 9.32 Å². The highest BCUT2D eigenvalue weighted by molar-refractivity contribution is 5.82. The third kappa shape index (κ3) is 3.88. The molecule has 2 aromatic heterocycles. The lowest BCUT2D eigenvalue weighted by Gasteiger charge is -2.27. The van der Waals surface area contributed by atoms with Crippen LogP contribution in [0, 0.1) is 0 Å². The van der Waals surface area contributed by atoms with Crippen LogP contribution in [0.15, 0.2) is 68.8 Å². The van der Waals surface area contributed by atoms with Gasteiger partial charge in [0.2, 0.25) is 0 Å². The second-order valence-electron chi connectivity index (χ2n) is 6.34. The summed E-state index contributed by atoms with van der Waals surface area (Å²) in [5, 5.41) is 0. The largest absolute Gasteiger partial charge is 0.465 e. The molecular weight excluding hydrogens is 358 g/mol. The Morgan fingerprint density at radius 3 is 2.43 bits per heavy atom. The van der Waals surface area contributed by atoms with Crippen LogP contribution in [0.25, 0.3) is 6.08 Å². The molecule has 0 aliphatic carbocycles. The maximum absolute atomic E-state index is 12.5. The third-order valence-corrected chi connectivity index (χ3v) is 4.45. The molecule has 1 aromatic carbocycles. The first-order valence-electron chi connectivity index (χ1n) is 8.77. The Bertz CT molecular complexity index is 1090. The number of rotatable bonds is 7. The van der Waals surface area contributed by atoms with Gasteiger partial charge >= 0.3 is 5.69 Å². The molecule has 7 heteroatoms. The quantitative estimate of drug-likeness (QED) is 0.588. The number of aldehydes is 1. The molecule has 0 radical (unpaired) electrons. The molecular formula is C21H21N3O4. The first kappa shape index (κ1) is 19.2. The zero-order valence-corrected chi connectivity index (χ0v) is 15.7. The number of nitrogens with zero attached hydrogens (tertiary/aromatic N) is 3. The molecule has 3 rings (SSSR count). The van der Waals surface area contributed by atoms with Crippen molar-refractivity contribution in [1.29, 1.82) is 0 Å². The number of carbonyl (C=O) groups excluding carboxylic acids is 1. The van der Waals surface area contributed by atoms with Crippen molar-refractivity contribution in [3.63, 3.8) is 0 Å². The Hall–Kier alpha value is -3.61. The Morgan fingerprint density at radius 1 is 1.04 bits per heavy atom. The monoisotopic (exact) mass is 379 g/mol. The van der Waals surface area contributed by atoms with Gasteiger partial charge in [0, 0.05) is 27.2 Å². The Morgan fingerprint density at radius 2 is 1.79 bits per heavy atom. The molecule has 7 nitrogen and oxygen atoms in total. The van der Waals surface area contributed by atoms with Crippen LogP contribution in [0.5, 0.6) is 0 Å². The second kappa shape index (κ2) is 8.39. The van der Waals surface area contributed by atoms with Crippen LogP contribution in [0.2, 0.25) is 0 Å². The van der Waals surface area contributed by atoms with Crippen molar-refractivity contribution in [2.24, 2.45) is 14.1 Å². The Balaban J connectivity index is 2.07. The van der Waals surface area contributed by atoms with E-state index >= 15 is 0 Å². The van der Waals surface area contributed by atoms with Crippen LogP contribution >= 0.6 is 0 Å². The number of hydrogen-bond acceptors (Lipinski definition) is 5. The van der Waals surface area contributed by atoms with Crippen molar-refractivity contribution < 1.29 is 9.21 Å². The minimum Gasteiger partial charge on any atom is -0.465 e. The van der Waals surface area contributed by atoms with Gasteiger partial charge in [0.05, 0.1) is 6.26 Å². The first-order valence-corrected chi connectivity index (χ1v) is 8.77. The smallest absolute Gasteiger partial charge is 0.332 e. The predicted molar refractivity (Wildman–Crippen MR) is 108 cm³/mol. The average Bonchev–Trinajstić information content (AvgIpc) is 3.22. The second-order valence-corrected chi connectivity index (χ2v) is 6.34. The van der Waals surface area contributed by atoms with Crippen LogP contribution in [0.3, 0.4) is 0 Å². The van der Waals surface area contributed by atoms with E-state index in [0.29, 0.717) is 25.1 Å². The molecule has 0 atom stereocenters. The third-order valence-electron chi connectivity index (χ3n) is 4.45. The van der Waals surface area contributed by atoms with Gasteiger partial charge in [0.15, 0.2) is 6.29 Å². The Labute approximate surface area is 161 Å². The number of furan rings is 1. The van der Waals surface area contributed by atoms with Crippen LogP contribution in [-0.2, 0) is 20.6 Å². The summed E-state index contributed by atoms with van der Waals surface area (Å²) < 4.78 is 7.56. The normalized spacial score (nSPS) is 11.1. The molecule has 0 saturated heterocycles. The molecule has 0 N–H and O–H groups in total. The highest BCUT2D eigenvalue weighted by Crippen LogP contribution is 2.18. The zero-order valence-electron chi connectivity index (χ0n) is 15.7. The molecule has 0 aliphatic heterocycles. The lowest BCUT2D eigenvalue weighted by molar-refractivity contribution is 0.112. The van der Waals surface area contributed by atoms with Crippen LogP contribution in [0.1, 0.15) is 21.7 Å². The minimum absolute atomic E-state index is 0.0491. The first-order chi connectivity index (χ1) is 13.5. The van der Waals surface area contributed by atoms with Gasteiger partial charge in [-0.15, -0.1) is 0 Å². The lowest BCUT2D eigenvalue weighted by Crippen LogP contribution is -2.43. The lowest BCUT2D eigenvalue weighted by atomic mass is 10.2. The van der Waals surface area contributed by atoms with Crippen LogP contribution in [-0.4, -0.2) is 22.0 Å². The van der Waals surface area contributed by atoms with Gasteiger partial charge in [0.1, 0.15) is 17.1 Å². The fourth-order valence-electron chi connectivity index (χ4n) is 3.06. The molecule has 0 bridgehead atoms. The zero-order chi connectivity index (χ0) is 20.1. The van der Waals surface area contributed by atoms with E-state index in [4.69, 9.17) is 4.42 Å². The number of aromatic nitrogens is 2. The molecule has 0 spiro atoms. The summed E-state index contributed by atoms with van der Waals surface area (Å²) >= 11 is 0. The van der Waals surface area contributed by atoms with E-state index in [1.54, 1.807) is 25.5 Å². The van der Waals surface area contributed by atoms with E-state index in [2.05, 4.69) is 0 Å². The van der Waals surface area contributed by atoms with Gasteiger partial charge in [-0.1, -0.05) is 36.4 Å². The molecule has 0 aliphatic rings. The van der Waals surface area contributed by atoms with Crippen molar-refractivity contribution >= 4 is 18.2 Å². The number of anilines is 1. The highest BCUT2D eigenvalue weighted by atomic mass is 16.3. The summed E-state index contributed by atoms with van der Waals surface area (Å²) in [7, 11) is 2.91. The summed E-state index contributed by atoms with van der Waals surface area (Å²) in [5.41, 5.74) is -0.161. The average molecular weight is 379 g/mol. The van der Waals surface area contributed by atoms with Crippen molar-refractivity contribution in [3.8, 4) is 0 Å². The van der Waals surface area contributed by atoms with E-state index in [1.165, 1.54) is 11.6 Å². The number of carbonyl (C=O) groups is 1. The van der Waals surface area contributed by atoms with Crippen molar-refractivity contribution in [3.05, 3.63) is 92.5 Å². The molecule has 2 heterocycles. The maximum atomic E-state index is 12.5. The van der Waals surface area contributed by atoms with E-state index < -0.39 is 11.2 Å². The molecule has 28 heavy (non-hydrogen) atoms. The van der Waals surface area contributed by atoms with Gasteiger partial charge in [-0.05, 0) is 23.8 Å². The van der Waals surface area contributed by atoms with Gasteiger partial charge in [-0.25, -0.2) is 4.79 Å². The summed E-state index contributed by atoms with van der Waals surface area (Å²) in [6, 6.07) is 13.2.